The number of nitrogens with zero attached hydrogens (tertiary/aromatic N) is 2. The zero-order valence-corrected chi connectivity index (χ0v) is 9.03. The van der Waals surface area contributed by atoms with Crippen LogP contribution in [0.15, 0.2) is 23.2 Å². The van der Waals surface area contributed by atoms with Crippen molar-refractivity contribution >= 4 is 22.7 Å². The Labute approximate surface area is 88.0 Å². The zero-order chi connectivity index (χ0) is 11.0. The first-order valence-electron chi connectivity index (χ1n) is 4.78. The summed E-state index contributed by atoms with van der Waals surface area (Å²) in [5.74, 6) is 0. The van der Waals surface area contributed by atoms with Crippen LogP contribution in [0.25, 0.3) is 10.9 Å². The highest BCUT2D eigenvalue weighted by molar-refractivity contribution is 5.88. The fourth-order valence-electron chi connectivity index (χ4n) is 1.87. The second-order valence-corrected chi connectivity index (χ2v) is 3.67. The molecule has 76 valence electrons. The fraction of sp³-hybridized carbons (Fsp3) is 0.250. The van der Waals surface area contributed by atoms with E-state index in [-0.39, 0.29) is 0 Å². The van der Waals surface area contributed by atoms with Crippen molar-refractivity contribution < 1.29 is 4.79 Å². The van der Waals surface area contributed by atoms with Gasteiger partial charge in [-0.3, -0.25) is 0 Å². The third kappa shape index (κ3) is 1.37. The minimum absolute atomic E-state index is 0.659. The Balaban J connectivity index is 2.82. The molecular weight excluding hydrogens is 188 g/mol. The molecule has 0 bridgehead atoms. The van der Waals surface area contributed by atoms with Gasteiger partial charge in [0.1, 0.15) is 0 Å². The maximum Gasteiger partial charge on any atom is 0.240 e. The molecule has 2 rings (SSSR count). The lowest BCUT2D eigenvalue weighted by atomic mass is 10.1. The number of hydrogen-bond acceptors (Lipinski definition) is 2. The summed E-state index contributed by atoms with van der Waals surface area (Å²) in [6, 6.07) is 5.72. The molecule has 0 aliphatic heterocycles. The van der Waals surface area contributed by atoms with Gasteiger partial charge < -0.3 is 4.57 Å². The summed E-state index contributed by atoms with van der Waals surface area (Å²) < 4.78 is 2.14. The predicted octanol–water partition coefficient (Wildman–Crippen LogP) is 2.76. The molecule has 0 saturated heterocycles. The molecule has 0 N–H and O–H groups in total. The average molecular weight is 200 g/mol. The molecule has 2 aromatic rings. The highest BCUT2D eigenvalue weighted by Crippen LogP contribution is 2.27. The molecule has 1 aromatic heterocycles. The number of aromatic nitrogens is 1. The second-order valence-electron chi connectivity index (χ2n) is 3.67. The molecular formula is C12H12N2O. The normalized spacial score (nSPS) is 10.3. The van der Waals surface area contributed by atoms with Crippen molar-refractivity contribution in [1.29, 1.82) is 0 Å². The molecule has 0 radical (unpaired) electrons. The van der Waals surface area contributed by atoms with Gasteiger partial charge in [-0.05, 0) is 37.6 Å². The Hall–Kier alpha value is -1.86. The topological polar surface area (TPSA) is 34.4 Å². The van der Waals surface area contributed by atoms with Crippen LogP contribution in [-0.2, 0) is 11.8 Å². The van der Waals surface area contributed by atoms with Gasteiger partial charge in [0.25, 0.3) is 0 Å². The molecule has 1 aromatic carbocycles. The smallest absolute Gasteiger partial charge is 0.240 e. The molecule has 0 amide bonds. The Morgan fingerprint density at radius 2 is 2.07 bits per heavy atom. The summed E-state index contributed by atoms with van der Waals surface area (Å²) in [5.41, 5.74) is 4.29. The highest BCUT2D eigenvalue weighted by atomic mass is 16.1. The maximum atomic E-state index is 10.2. The van der Waals surface area contributed by atoms with Crippen LogP contribution >= 0.6 is 0 Å². The van der Waals surface area contributed by atoms with E-state index in [0.717, 1.165) is 10.9 Å². The molecule has 15 heavy (non-hydrogen) atoms. The Kier molecular flexibility index (Phi) is 2.18. The molecule has 3 heteroatoms. The first-order chi connectivity index (χ1) is 7.15. The predicted molar refractivity (Wildman–Crippen MR) is 60.2 cm³/mol. The van der Waals surface area contributed by atoms with Crippen molar-refractivity contribution in [2.45, 2.75) is 13.8 Å². The van der Waals surface area contributed by atoms with Gasteiger partial charge in [0, 0.05) is 23.6 Å². The van der Waals surface area contributed by atoms with Crippen molar-refractivity contribution in [1.82, 2.24) is 4.57 Å². The van der Waals surface area contributed by atoms with E-state index in [1.54, 1.807) is 6.08 Å². The number of benzene rings is 1. The van der Waals surface area contributed by atoms with Crippen molar-refractivity contribution in [2.24, 2.45) is 12.0 Å². The molecule has 0 unspecified atom stereocenters. The summed E-state index contributed by atoms with van der Waals surface area (Å²) in [6.07, 6.45) is 1.56. The first kappa shape index (κ1) is 9.69. The summed E-state index contributed by atoms with van der Waals surface area (Å²) >= 11 is 0. The largest absolute Gasteiger partial charge is 0.348 e. The second kappa shape index (κ2) is 3.37. The maximum absolute atomic E-state index is 10.2. The van der Waals surface area contributed by atoms with Gasteiger partial charge in [0.05, 0.1) is 5.69 Å². The van der Waals surface area contributed by atoms with E-state index in [4.69, 9.17) is 0 Å². The summed E-state index contributed by atoms with van der Waals surface area (Å²) in [6.45, 7) is 4.16. The number of isocyanates is 1. The Morgan fingerprint density at radius 3 is 2.73 bits per heavy atom. The van der Waals surface area contributed by atoms with Gasteiger partial charge in [-0.2, -0.15) is 4.99 Å². The molecule has 0 aliphatic rings. The third-order valence-electron chi connectivity index (χ3n) is 2.97. The summed E-state index contributed by atoms with van der Waals surface area (Å²) in [7, 11) is 2.04. The van der Waals surface area contributed by atoms with Gasteiger partial charge >= 0.3 is 0 Å². The minimum atomic E-state index is 0.659. The summed E-state index contributed by atoms with van der Waals surface area (Å²) in [5, 5.41) is 1.14. The number of carbonyl (C=O) groups excluding carboxylic acids is 1. The Bertz CT molecular complexity index is 575. The monoisotopic (exact) mass is 200 g/mol. The number of hydrogen-bond donors (Lipinski definition) is 0. The van der Waals surface area contributed by atoms with E-state index in [1.165, 1.54) is 11.3 Å². The van der Waals surface area contributed by atoms with Crippen LogP contribution in [0.1, 0.15) is 11.3 Å². The Morgan fingerprint density at radius 1 is 1.33 bits per heavy atom. The van der Waals surface area contributed by atoms with Crippen LogP contribution < -0.4 is 0 Å². The van der Waals surface area contributed by atoms with E-state index in [9.17, 15) is 4.79 Å². The van der Waals surface area contributed by atoms with Crippen molar-refractivity contribution in [3.8, 4) is 0 Å². The van der Waals surface area contributed by atoms with Crippen molar-refractivity contribution in [2.75, 3.05) is 0 Å². The molecule has 3 nitrogen and oxygen atoms in total. The third-order valence-corrected chi connectivity index (χ3v) is 2.97. The molecule has 0 spiro atoms. The van der Waals surface area contributed by atoms with Gasteiger partial charge in [-0.25, -0.2) is 4.79 Å². The lowest BCUT2D eigenvalue weighted by Crippen LogP contribution is -1.89. The van der Waals surface area contributed by atoms with Gasteiger partial charge in [-0.1, -0.05) is 0 Å². The number of rotatable bonds is 1. The van der Waals surface area contributed by atoms with Crippen molar-refractivity contribution in [3.63, 3.8) is 0 Å². The van der Waals surface area contributed by atoms with Crippen LogP contribution in [-0.4, -0.2) is 10.6 Å². The van der Waals surface area contributed by atoms with Crippen LogP contribution in [0.4, 0.5) is 5.69 Å². The van der Waals surface area contributed by atoms with Gasteiger partial charge in [-0.15, -0.1) is 0 Å². The number of aryl methyl sites for hydroxylation is 2. The fourth-order valence-corrected chi connectivity index (χ4v) is 1.87. The van der Waals surface area contributed by atoms with Crippen LogP contribution in [0, 0.1) is 13.8 Å². The van der Waals surface area contributed by atoms with Crippen molar-refractivity contribution in [3.05, 3.63) is 29.5 Å². The first-order valence-corrected chi connectivity index (χ1v) is 4.78. The van der Waals surface area contributed by atoms with Crippen LogP contribution in [0.3, 0.4) is 0 Å². The lowest BCUT2D eigenvalue weighted by molar-refractivity contribution is 0.565. The summed E-state index contributed by atoms with van der Waals surface area (Å²) in [4.78, 5) is 13.8. The highest BCUT2D eigenvalue weighted by Gasteiger charge is 2.07. The number of fused-ring (bicyclic) bond motifs is 1. The number of aliphatic imine (C=N–C) groups is 1. The van der Waals surface area contributed by atoms with Gasteiger partial charge in [0.15, 0.2) is 0 Å². The average Bonchev–Trinajstić information content (AvgIpc) is 2.45. The lowest BCUT2D eigenvalue weighted by Gasteiger charge is -1.97. The van der Waals surface area contributed by atoms with E-state index >= 15 is 0 Å². The van der Waals surface area contributed by atoms with Crippen LogP contribution in [0.5, 0.6) is 0 Å². The van der Waals surface area contributed by atoms with E-state index in [2.05, 4.69) is 23.4 Å². The quantitative estimate of drug-likeness (QED) is 0.515. The van der Waals surface area contributed by atoms with E-state index in [0.29, 0.717) is 5.69 Å². The van der Waals surface area contributed by atoms with E-state index in [1.807, 2.05) is 25.2 Å². The molecule has 0 saturated carbocycles. The van der Waals surface area contributed by atoms with E-state index < -0.39 is 0 Å². The molecule has 0 fully saturated rings. The van der Waals surface area contributed by atoms with Gasteiger partial charge in [0.2, 0.25) is 6.08 Å². The zero-order valence-electron chi connectivity index (χ0n) is 9.03. The minimum Gasteiger partial charge on any atom is -0.348 e. The molecule has 1 heterocycles. The van der Waals surface area contributed by atoms with Crippen LogP contribution in [0.2, 0.25) is 0 Å². The standard InChI is InChI=1S/C12H12N2O/c1-8-9(2)14(3)12-5-4-10(13-7-15)6-11(8)12/h4-6H,1-3H3. The SMILES string of the molecule is Cc1c(C)n(C)c2ccc(N=C=O)cc12. The molecule has 0 atom stereocenters. The molecule has 0 aliphatic carbocycles.